The van der Waals surface area contributed by atoms with E-state index >= 15 is 0 Å². The van der Waals surface area contributed by atoms with Crippen molar-refractivity contribution in [3.63, 3.8) is 0 Å². The van der Waals surface area contributed by atoms with Crippen LogP contribution in [0.2, 0.25) is 0 Å². The minimum Gasteiger partial charge on any atom is -0.463 e. The molecular weight excluding hydrogens is 396 g/mol. The highest BCUT2D eigenvalue weighted by Crippen LogP contribution is 2.17. The van der Waals surface area contributed by atoms with E-state index < -0.39 is 24.4 Å². The van der Waals surface area contributed by atoms with Gasteiger partial charge < -0.3 is 24.8 Å². The molecule has 4 atom stereocenters. The summed E-state index contributed by atoms with van der Waals surface area (Å²) >= 11 is 0. The van der Waals surface area contributed by atoms with E-state index in [2.05, 4.69) is 6.92 Å². The molecule has 0 aliphatic carbocycles. The number of hydrogen-bond acceptors (Lipinski definition) is 6. The van der Waals surface area contributed by atoms with Crippen LogP contribution in [0.25, 0.3) is 0 Å². The highest BCUT2D eigenvalue weighted by molar-refractivity contribution is 5.69. The average Bonchev–Trinajstić information content (AvgIpc) is 2.76. The largest absolute Gasteiger partial charge is 0.463 e. The maximum atomic E-state index is 11.8. The van der Waals surface area contributed by atoms with Crippen molar-refractivity contribution in [1.82, 2.24) is 0 Å². The summed E-state index contributed by atoms with van der Waals surface area (Å²) in [4.78, 5) is 11.8. The number of aliphatic hydroxyl groups excluding tert-OH is 3. The van der Waals surface area contributed by atoms with Gasteiger partial charge in [0.25, 0.3) is 0 Å². The zero-order valence-corrected chi connectivity index (χ0v) is 19.8. The van der Waals surface area contributed by atoms with Gasteiger partial charge in [-0.15, -0.1) is 0 Å². The third-order valence-electron chi connectivity index (χ3n) is 6.25. The van der Waals surface area contributed by atoms with Gasteiger partial charge in [0.15, 0.2) is 0 Å². The van der Waals surface area contributed by atoms with Gasteiger partial charge in [-0.2, -0.15) is 0 Å². The lowest BCUT2D eigenvalue weighted by Gasteiger charge is -2.34. The van der Waals surface area contributed by atoms with Gasteiger partial charge in [0.1, 0.15) is 31.0 Å². The van der Waals surface area contributed by atoms with Crippen LogP contribution < -0.4 is 0 Å². The molecule has 1 aliphatic heterocycles. The van der Waals surface area contributed by atoms with Crippen LogP contribution in [0.4, 0.5) is 0 Å². The molecule has 0 saturated carbocycles. The second kappa shape index (κ2) is 18.8. The van der Waals surface area contributed by atoms with Crippen molar-refractivity contribution in [3.05, 3.63) is 0 Å². The number of rotatable bonds is 19. The van der Waals surface area contributed by atoms with Crippen molar-refractivity contribution in [2.45, 2.75) is 140 Å². The first-order valence-corrected chi connectivity index (χ1v) is 12.9. The van der Waals surface area contributed by atoms with Crippen LogP contribution in [0.5, 0.6) is 0 Å². The second-order valence-corrected chi connectivity index (χ2v) is 9.16. The van der Waals surface area contributed by atoms with E-state index in [1.165, 1.54) is 83.5 Å². The number of carbonyl (C=O) groups excluding carboxylic acids is 1. The quantitative estimate of drug-likeness (QED) is 0.198. The van der Waals surface area contributed by atoms with Gasteiger partial charge in [0.05, 0.1) is 6.61 Å². The Kier molecular flexibility index (Phi) is 17.2. The summed E-state index contributed by atoms with van der Waals surface area (Å²) in [7, 11) is 0. The Morgan fingerprint density at radius 1 is 0.742 bits per heavy atom. The molecule has 0 radical (unpaired) electrons. The van der Waals surface area contributed by atoms with Gasteiger partial charge in [-0.3, -0.25) is 4.79 Å². The van der Waals surface area contributed by atoms with E-state index in [9.17, 15) is 20.1 Å². The molecular formula is C25H48O6. The zero-order chi connectivity index (χ0) is 22.7. The SMILES string of the molecule is CCCCCCCCCCCCCCCCCCC(=O)OC[C@H]1OC[C@@H](O)[C@@H](O)[C@@H]1O. The van der Waals surface area contributed by atoms with E-state index in [1.54, 1.807) is 0 Å². The molecule has 3 N–H and O–H groups in total. The molecule has 1 heterocycles. The van der Waals surface area contributed by atoms with Crippen LogP contribution in [-0.4, -0.2) is 58.9 Å². The van der Waals surface area contributed by atoms with E-state index in [0.717, 1.165) is 19.3 Å². The van der Waals surface area contributed by atoms with Crippen LogP contribution in [0, 0.1) is 0 Å². The number of esters is 1. The molecule has 6 heteroatoms. The first-order valence-electron chi connectivity index (χ1n) is 12.9. The van der Waals surface area contributed by atoms with Gasteiger partial charge in [0, 0.05) is 6.42 Å². The van der Waals surface area contributed by atoms with Crippen LogP contribution in [0.3, 0.4) is 0 Å². The molecule has 0 unspecified atom stereocenters. The number of unbranched alkanes of at least 4 members (excludes halogenated alkanes) is 15. The summed E-state index contributed by atoms with van der Waals surface area (Å²) in [6, 6.07) is 0. The molecule has 184 valence electrons. The van der Waals surface area contributed by atoms with E-state index in [1.807, 2.05) is 0 Å². The normalized spacial score (nSPS) is 23.7. The Labute approximate surface area is 189 Å². The lowest BCUT2D eigenvalue weighted by molar-refractivity contribution is -0.201. The second-order valence-electron chi connectivity index (χ2n) is 9.16. The summed E-state index contributed by atoms with van der Waals surface area (Å²) in [6.45, 7) is 2.10. The van der Waals surface area contributed by atoms with Crippen molar-refractivity contribution in [1.29, 1.82) is 0 Å². The van der Waals surface area contributed by atoms with Gasteiger partial charge in [0.2, 0.25) is 0 Å². The van der Waals surface area contributed by atoms with Crippen molar-refractivity contribution in [3.8, 4) is 0 Å². The number of carbonyl (C=O) groups is 1. The highest BCUT2D eigenvalue weighted by Gasteiger charge is 2.38. The Morgan fingerprint density at radius 3 is 1.68 bits per heavy atom. The number of ether oxygens (including phenoxy) is 2. The zero-order valence-electron chi connectivity index (χ0n) is 19.8. The smallest absolute Gasteiger partial charge is 0.305 e. The van der Waals surface area contributed by atoms with Gasteiger partial charge in [-0.05, 0) is 6.42 Å². The Hall–Kier alpha value is -0.690. The van der Waals surface area contributed by atoms with E-state index in [0.29, 0.717) is 6.42 Å². The summed E-state index contributed by atoms with van der Waals surface area (Å²) in [5.74, 6) is -0.304. The van der Waals surface area contributed by atoms with Gasteiger partial charge >= 0.3 is 5.97 Å². The summed E-state index contributed by atoms with van der Waals surface area (Å²) in [5.41, 5.74) is 0. The lowest BCUT2D eigenvalue weighted by Crippen LogP contribution is -2.54. The average molecular weight is 445 g/mol. The molecule has 1 fully saturated rings. The summed E-state index contributed by atoms with van der Waals surface area (Å²) < 4.78 is 10.4. The van der Waals surface area contributed by atoms with Gasteiger partial charge in [-0.25, -0.2) is 0 Å². The molecule has 0 aromatic carbocycles. The Bertz CT molecular complexity index is 430. The van der Waals surface area contributed by atoms with Crippen molar-refractivity contribution in [2.24, 2.45) is 0 Å². The fourth-order valence-electron chi connectivity index (χ4n) is 4.08. The molecule has 1 aliphatic rings. The van der Waals surface area contributed by atoms with Crippen molar-refractivity contribution < 1.29 is 29.6 Å². The van der Waals surface area contributed by atoms with Crippen LogP contribution in [0.15, 0.2) is 0 Å². The first-order chi connectivity index (χ1) is 15.1. The van der Waals surface area contributed by atoms with E-state index in [4.69, 9.17) is 9.47 Å². The molecule has 1 rings (SSSR count). The summed E-state index contributed by atoms with van der Waals surface area (Å²) in [5, 5.41) is 28.8. The molecule has 0 aromatic heterocycles. The van der Waals surface area contributed by atoms with Crippen molar-refractivity contribution >= 4 is 5.97 Å². The fourth-order valence-corrected chi connectivity index (χ4v) is 4.08. The minimum atomic E-state index is -1.27. The topological polar surface area (TPSA) is 96.2 Å². The number of aliphatic hydroxyl groups is 3. The lowest BCUT2D eigenvalue weighted by atomic mass is 10.0. The molecule has 0 bridgehead atoms. The predicted molar refractivity (Wildman–Crippen MR) is 123 cm³/mol. The first kappa shape index (κ1) is 28.3. The monoisotopic (exact) mass is 444 g/mol. The van der Waals surface area contributed by atoms with Crippen LogP contribution >= 0.6 is 0 Å². The summed E-state index contributed by atoms with van der Waals surface area (Å²) in [6.07, 6.45) is 16.7. The molecule has 1 saturated heterocycles. The third-order valence-corrected chi connectivity index (χ3v) is 6.25. The van der Waals surface area contributed by atoms with Crippen molar-refractivity contribution in [2.75, 3.05) is 13.2 Å². The maximum Gasteiger partial charge on any atom is 0.305 e. The maximum absolute atomic E-state index is 11.8. The highest BCUT2D eigenvalue weighted by atomic mass is 16.6. The number of hydrogen-bond donors (Lipinski definition) is 3. The van der Waals surface area contributed by atoms with E-state index in [-0.39, 0.29) is 19.2 Å². The Balaban J connectivity index is 1.82. The molecule has 6 nitrogen and oxygen atoms in total. The fraction of sp³-hybridized carbons (Fsp3) is 0.960. The molecule has 31 heavy (non-hydrogen) atoms. The van der Waals surface area contributed by atoms with Crippen LogP contribution in [0.1, 0.15) is 116 Å². The predicted octanol–water partition coefficient (Wildman–Crippen LogP) is 4.66. The standard InChI is InChI=1S/C25H48O6/c1-2-3-4-5-6-7-8-9-10-11-12-13-14-15-16-17-18-23(27)31-20-22-25(29)24(28)21(26)19-30-22/h21-22,24-26,28-29H,2-20H2,1H3/t21-,22-,24-,25-/m1/s1. The third kappa shape index (κ3) is 14.1. The molecule has 0 amide bonds. The minimum absolute atomic E-state index is 0.0699. The van der Waals surface area contributed by atoms with Gasteiger partial charge in [-0.1, -0.05) is 103 Å². The molecule has 0 spiro atoms. The Morgan fingerprint density at radius 2 is 1.19 bits per heavy atom. The molecule has 0 aromatic rings. The van der Waals surface area contributed by atoms with Crippen LogP contribution in [-0.2, 0) is 14.3 Å².